The third-order valence-corrected chi connectivity index (χ3v) is 2.89. The van der Waals surface area contributed by atoms with Gasteiger partial charge in [0, 0.05) is 5.02 Å². The summed E-state index contributed by atoms with van der Waals surface area (Å²) in [6.07, 6.45) is 6.83. The van der Waals surface area contributed by atoms with Crippen molar-refractivity contribution in [2.75, 3.05) is 0 Å². The topological polar surface area (TPSA) is 20.2 Å². The molecule has 0 aromatic heterocycles. The first-order valence-electron chi connectivity index (χ1n) is 5.78. The Balaban J connectivity index is 2.26. The highest BCUT2D eigenvalue weighted by atomic mass is 35.5. The van der Waals surface area contributed by atoms with Crippen molar-refractivity contribution in [2.24, 2.45) is 0 Å². The number of hydrogen-bond acceptors (Lipinski definition) is 1. The zero-order valence-corrected chi connectivity index (χ0v) is 10.3. The van der Waals surface area contributed by atoms with Crippen LogP contribution in [0, 0.1) is 0 Å². The van der Waals surface area contributed by atoms with Crippen molar-refractivity contribution in [3.8, 4) is 0 Å². The molecule has 1 N–H and O–H groups in total. The molecule has 1 aromatic carbocycles. The minimum absolute atomic E-state index is 0.360. The molecule has 0 fully saturated rings. The highest BCUT2D eigenvalue weighted by Gasteiger charge is 2.06. The molecule has 0 radical (unpaired) electrons. The van der Waals surface area contributed by atoms with Gasteiger partial charge in [0.15, 0.2) is 0 Å². The van der Waals surface area contributed by atoms with Crippen LogP contribution in [-0.4, -0.2) is 5.11 Å². The molecule has 1 nitrogen and oxygen atoms in total. The van der Waals surface area contributed by atoms with E-state index in [0.29, 0.717) is 5.02 Å². The summed E-state index contributed by atoms with van der Waals surface area (Å²) in [7, 11) is 0. The molecule has 1 rings (SSSR count). The highest BCUT2D eigenvalue weighted by Crippen LogP contribution is 2.21. The molecule has 1 atom stereocenters. The van der Waals surface area contributed by atoms with E-state index in [0.717, 1.165) is 37.7 Å². The Morgan fingerprint density at radius 3 is 2.50 bits per heavy atom. The summed E-state index contributed by atoms with van der Waals surface area (Å²) in [5.41, 5.74) is 0.952. The molecule has 88 valence electrons. The van der Waals surface area contributed by atoms with Crippen LogP contribution >= 0.6 is 11.6 Å². The Labute approximate surface area is 103 Å². The van der Waals surface area contributed by atoms with Crippen LogP contribution in [0.3, 0.4) is 0 Å². The molecular formula is C14H19ClO. The molecule has 0 saturated heterocycles. The molecule has 0 amide bonds. The van der Waals surface area contributed by atoms with Gasteiger partial charge in [-0.05, 0) is 37.0 Å². The second kappa shape index (κ2) is 7.48. The third kappa shape index (κ3) is 4.82. The van der Waals surface area contributed by atoms with E-state index in [1.165, 1.54) is 0 Å². The average Bonchev–Trinajstić information content (AvgIpc) is 2.29. The first-order chi connectivity index (χ1) is 7.74. The van der Waals surface area contributed by atoms with Crippen molar-refractivity contribution in [1.29, 1.82) is 0 Å². The fourth-order valence-electron chi connectivity index (χ4n) is 1.65. The lowest BCUT2D eigenvalue weighted by atomic mass is 10.0. The lowest BCUT2D eigenvalue weighted by Gasteiger charge is -2.10. The SMILES string of the molecule is C=CCCCCCC(O)c1ccc(Cl)cc1. The van der Waals surface area contributed by atoms with Gasteiger partial charge in [0.2, 0.25) is 0 Å². The number of rotatable bonds is 7. The van der Waals surface area contributed by atoms with E-state index in [1.54, 1.807) is 0 Å². The van der Waals surface area contributed by atoms with Gasteiger partial charge in [0.1, 0.15) is 0 Å². The third-order valence-electron chi connectivity index (χ3n) is 2.64. The number of aliphatic hydroxyl groups is 1. The molecule has 2 heteroatoms. The predicted molar refractivity (Wildman–Crippen MR) is 69.7 cm³/mol. The van der Waals surface area contributed by atoms with Gasteiger partial charge in [-0.15, -0.1) is 6.58 Å². The molecule has 1 aromatic rings. The number of allylic oxidation sites excluding steroid dienone is 1. The van der Waals surface area contributed by atoms with Crippen LogP contribution in [0.25, 0.3) is 0 Å². The summed E-state index contributed by atoms with van der Waals surface area (Å²) >= 11 is 5.79. The minimum atomic E-state index is -0.360. The fraction of sp³-hybridized carbons (Fsp3) is 0.429. The Morgan fingerprint density at radius 2 is 1.88 bits per heavy atom. The second-order valence-electron chi connectivity index (χ2n) is 3.99. The summed E-state index contributed by atoms with van der Waals surface area (Å²) in [5.74, 6) is 0. The Hall–Kier alpha value is -0.790. The van der Waals surface area contributed by atoms with Gasteiger partial charge in [-0.3, -0.25) is 0 Å². The van der Waals surface area contributed by atoms with Gasteiger partial charge in [0.25, 0.3) is 0 Å². The van der Waals surface area contributed by atoms with Crippen molar-refractivity contribution < 1.29 is 5.11 Å². The van der Waals surface area contributed by atoms with E-state index >= 15 is 0 Å². The van der Waals surface area contributed by atoms with Crippen molar-refractivity contribution in [2.45, 2.75) is 38.2 Å². The first kappa shape index (κ1) is 13.3. The number of unbranched alkanes of at least 4 members (excludes halogenated alkanes) is 3. The molecule has 0 aliphatic rings. The average molecular weight is 239 g/mol. The highest BCUT2D eigenvalue weighted by molar-refractivity contribution is 6.30. The molecule has 0 saturated carbocycles. The number of halogens is 1. The summed E-state index contributed by atoms with van der Waals surface area (Å²) in [4.78, 5) is 0. The Morgan fingerprint density at radius 1 is 1.19 bits per heavy atom. The minimum Gasteiger partial charge on any atom is -0.388 e. The largest absolute Gasteiger partial charge is 0.388 e. The van der Waals surface area contributed by atoms with Crippen LogP contribution in [-0.2, 0) is 0 Å². The summed E-state index contributed by atoms with van der Waals surface area (Å²) in [5, 5.41) is 10.6. The van der Waals surface area contributed by atoms with E-state index in [1.807, 2.05) is 30.3 Å². The Kier molecular flexibility index (Phi) is 6.20. The van der Waals surface area contributed by atoms with Crippen molar-refractivity contribution >= 4 is 11.6 Å². The van der Waals surface area contributed by atoms with Crippen LogP contribution in [0.5, 0.6) is 0 Å². The molecule has 0 aliphatic carbocycles. The zero-order chi connectivity index (χ0) is 11.8. The van der Waals surface area contributed by atoms with Gasteiger partial charge < -0.3 is 5.11 Å². The van der Waals surface area contributed by atoms with Crippen LogP contribution in [0.2, 0.25) is 5.02 Å². The van der Waals surface area contributed by atoms with Gasteiger partial charge in [0.05, 0.1) is 6.10 Å². The van der Waals surface area contributed by atoms with E-state index in [4.69, 9.17) is 11.6 Å². The van der Waals surface area contributed by atoms with Crippen molar-refractivity contribution in [3.63, 3.8) is 0 Å². The predicted octanol–water partition coefficient (Wildman–Crippen LogP) is 4.51. The van der Waals surface area contributed by atoms with Crippen LogP contribution in [0.4, 0.5) is 0 Å². The van der Waals surface area contributed by atoms with E-state index in [2.05, 4.69) is 6.58 Å². The van der Waals surface area contributed by atoms with Gasteiger partial charge in [-0.2, -0.15) is 0 Å². The lowest BCUT2D eigenvalue weighted by molar-refractivity contribution is 0.163. The number of hydrogen-bond donors (Lipinski definition) is 1. The Bertz CT molecular complexity index is 305. The van der Waals surface area contributed by atoms with Crippen LogP contribution < -0.4 is 0 Å². The standard InChI is InChI=1S/C14H19ClO/c1-2-3-4-5-6-7-14(16)12-8-10-13(15)11-9-12/h2,8-11,14,16H,1,3-7H2. The second-order valence-corrected chi connectivity index (χ2v) is 4.43. The van der Waals surface area contributed by atoms with Gasteiger partial charge in [-0.25, -0.2) is 0 Å². The molecule has 0 aliphatic heterocycles. The molecule has 1 unspecified atom stereocenters. The maximum absolute atomic E-state index is 9.90. The van der Waals surface area contributed by atoms with E-state index in [9.17, 15) is 5.11 Å². The number of benzene rings is 1. The maximum atomic E-state index is 9.90. The van der Waals surface area contributed by atoms with Crippen LogP contribution in [0.1, 0.15) is 43.8 Å². The molecule has 0 heterocycles. The first-order valence-corrected chi connectivity index (χ1v) is 6.16. The van der Waals surface area contributed by atoms with Crippen molar-refractivity contribution in [1.82, 2.24) is 0 Å². The normalized spacial score (nSPS) is 12.4. The lowest BCUT2D eigenvalue weighted by Crippen LogP contribution is -1.96. The zero-order valence-electron chi connectivity index (χ0n) is 9.53. The summed E-state index contributed by atoms with van der Waals surface area (Å²) in [6.45, 7) is 3.69. The van der Waals surface area contributed by atoms with E-state index in [-0.39, 0.29) is 6.10 Å². The summed E-state index contributed by atoms with van der Waals surface area (Å²) in [6, 6.07) is 7.41. The molecular weight excluding hydrogens is 220 g/mol. The number of aliphatic hydroxyl groups excluding tert-OH is 1. The monoisotopic (exact) mass is 238 g/mol. The fourth-order valence-corrected chi connectivity index (χ4v) is 1.78. The van der Waals surface area contributed by atoms with E-state index < -0.39 is 0 Å². The quantitative estimate of drug-likeness (QED) is 0.547. The van der Waals surface area contributed by atoms with Gasteiger partial charge >= 0.3 is 0 Å². The smallest absolute Gasteiger partial charge is 0.0790 e. The van der Waals surface area contributed by atoms with Crippen LogP contribution in [0.15, 0.2) is 36.9 Å². The van der Waals surface area contributed by atoms with Crippen molar-refractivity contribution in [3.05, 3.63) is 47.5 Å². The maximum Gasteiger partial charge on any atom is 0.0790 e. The molecule has 16 heavy (non-hydrogen) atoms. The molecule has 0 bridgehead atoms. The summed E-state index contributed by atoms with van der Waals surface area (Å²) < 4.78 is 0. The molecule has 0 spiro atoms. The van der Waals surface area contributed by atoms with Gasteiger partial charge in [-0.1, -0.05) is 42.7 Å².